The van der Waals surface area contributed by atoms with Crippen molar-refractivity contribution in [2.24, 2.45) is 0 Å². The minimum absolute atomic E-state index is 0.952. The fourth-order valence-corrected chi connectivity index (χ4v) is 3.56. The first-order valence-electron chi connectivity index (χ1n) is 5.60. The van der Waals surface area contributed by atoms with Gasteiger partial charge in [0.15, 0.2) is 0 Å². The zero-order chi connectivity index (χ0) is 12.1. The van der Waals surface area contributed by atoms with Crippen LogP contribution in [0.1, 0.15) is 5.01 Å². The van der Waals surface area contributed by atoms with Gasteiger partial charge in [-0.25, -0.2) is 9.50 Å². The Kier molecular flexibility index (Phi) is 2.06. The molecular formula is C13H9N3S2. The third-order valence-corrected chi connectivity index (χ3v) is 4.63. The molecule has 3 heterocycles. The predicted octanol–water partition coefficient (Wildman–Crippen LogP) is 3.98. The number of aromatic nitrogens is 3. The molecule has 0 amide bonds. The Bertz CT molecular complexity index is 822. The fourth-order valence-electron chi connectivity index (χ4n) is 2.06. The predicted molar refractivity (Wildman–Crippen MR) is 76.4 cm³/mol. The van der Waals surface area contributed by atoms with Gasteiger partial charge in [0.2, 0.25) is 4.96 Å². The summed E-state index contributed by atoms with van der Waals surface area (Å²) in [5.41, 5.74) is 2.14. The molecule has 4 rings (SSSR count). The number of hydrogen-bond acceptors (Lipinski definition) is 4. The molecule has 1 aromatic carbocycles. The van der Waals surface area contributed by atoms with E-state index in [-0.39, 0.29) is 0 Å². The van der Waals surface area contributed by atoms with Gasteiger partial charge in [0.25, 0.3) is 0 Å². The van der Waals surface area contributed by atoms with Crippen LogP contribution in [0, 0.1) is 6.92 Å². The van der Waals surface area contributed by atoms with Crippen LogP contribution in [-0.2, 0) is 0 Å². The zero-order valence-electron chi connectivity index (χ0n) is 9.62. The Labute approximate surface area is 111 Å². The molecule has 0 aliphatic carbocycles. The lowest BCUT2D eigenvalue weighted by Gasteiger charge is -1.96. The molecule has 3 nitrogen and oxygen atoms in total. The molecule has 0 N–H and O–H groups in total. The first-order valence-corrected chi connectivity index (χ1v) is 7.30. The standard InChI is InChI=1S/C13H9N3S2/c1-8-15-16-7-11(14-13(16)18-8)9-2-3-12-10(6-9)4-5-17-12/h2-7H,1H3. The van der Waals surface area contributed by atoms with Gasteiger partial charge in [-0.1, -0.05) is 17.4 Å². The largest absolute Gasteiger partial charge is 0.217 e. The van der Waals surface area contributed by atoms with Gasteiger partial charge in [-0.2, -0.15) is 5.10 Å². The van der Waals surface area contributed by atoms with Crippen molar-refractivity contribution in [2.45, 2.75) is 6.92 Å². The van der Waals surface area contributed by atoms with Crippen LogP contribution in [-0.4, -0.2) is 14.6 Å². The minimum Gasteiger partial charge on any atom is -0.217 e. The van der Waals surface area contributed by atoms with Gasteiger partial charge in [0.1, 0.15) is 5.01 Å². The maximum Gasteiger partial charge on any atom is 0.212 e. The highest BCUT2D eigenvalue weighted by molar-refractivity contribution is 7.17. The van der Waals surface area contributed by atoms with E-state index in [1.807, 2.05) is 17.6 Å². The Balaban J connectivity index is 1.91. The highest BCUT2D eigenvalue weighted by Crippen LogP contribution is 2.28. The lowest BCUT2D eigenvalue weighted by Crippen LogP contribution is -1.80. The van der Waals surface area contributed by atoms with Crippen LogP contribution in [0.2, 0.25) is 0 Å². The zero-order valence-corrected chi connectivity index (χ0v) is 11.3. The molecule has 5 heteroatoms. The van der Waals surface area contributed by atoms with Crippen molar-refractivity contribution in [1.29, 1.82) is 0 Å². The summed E-state index contributed by atoms with van der Waals surface area (Å²) in [5.74, 6) is 0. The third kappa shape index (κ3) is 1.48. The van der Waals surface area contributed by atoms with Crippen molar-refractivity contribution < 1.29 is 0 Å². The molecule has 0 saturated carbocycles. The number of rotatable bonds is 1. The van der Waals surface area contributed by atoms with Crippen LogP contribution in [0.15, 0.2) is 35.8 Å². The fraction of sp³-hybridized carbons (Fsp3) is 0.0769. The first-order chi connectivity index (χ1) is 8.79. The maximum atomic E-state index is 4.62. The smallest absolute Gasteiger partial charge is 0.212 e. The number of benzene rings is 1. The summed E-state index contributed by atoms with van der Waals surface area (Å²) in [6, 6.07) is 8.61. The Morgan fingerprint density at radius 3 is 3.06 bits per heavy atom. The number of hydrogen-bond donors (Lipinski definition) is 0. The normalized spacial score (nSPS) is 11.6. The Morgan fingerprint density at radius 2 is 2.17 bits per heavy atom. The van der Waals surface area contributed by atoms with E-state index in [4.69, 9.17) is 0 Å². The van der Waals surface area contributed by atoms with Gasteiger partial charge in [-0.05, 0) is 35.9 Å². The lowest BCUT2D eigenvalue weighted by atomic mass is 10.1. The molecule has 0 spiro atoms. The van der Waals surface area contributed by atoms with Gasteiger partial charge in [-0.15, -0.1) is 11.3 Å². The lowest BCUT2D eigenvalue weighted by molar-refractivity contribution is 0.946. The van der Waals surface area contributed by atoms with Gasteiger partial charge < -0.3 is 0 Å². The van der Waals surface area contributed by atoms with Crippen LogP contribution in [0.3, 0.4) is 0 Å². The minimum atomic E-state index is 0.952. The van der Waals surface area contributed by atoms with Crippen molar-refractivity contribution in [2.75, 3.05) is 0 Å². The summed E-state index contributed by atoms with van der Waals surface area (Å²) in [4.78, 5) is 5.57. The van der Waals surface area contributed by atoms with Crippen molar-refractivity contribution in [3.63, 3.8) is 0 Å². The maximum absolute atomic E-state index is 4.62. The first kappa shape index (κ1) is 10.2. The average molecular weight is 271 g/mol. The van der Waals surface area contributed by atoms with Gasteiger partial charge in [-0.3, -0.25) is 0 Å². The van der Waals surface area contributed by atoms with E-state index in [9.17, 15) is 0 Å². The van der Waals surface area contributed by atoms with E-state index in [0.29, 0.717) is 0 Å². The molecule has 4 aromatic rings. The van der Waals surface area contributed by atoms with E-state index >= 15 is 0 Å². The Morgan fingerprint density at radius 1 is 1.22 bits per heavy atom. The van der Waals surface area contributed by atoms with Gasteiger partial charge in [0.05, 0.1) is 11.9 Å². The summed E-state index contributed by atoms with van der Waals surface area (Å²) in [7, 11) is 0. The van der Waals surface area contributed by atoms with E-state index in [1.54, 1.807) is 22.7 Å². The van der Waals surface area contributed by atoms with E-state index in [1.165, 1.54) is 10.1 Å². The van der Waals surface area contributed by atoms with Crippen LogP contribution in [0.4, 0.5) is 0 Å². The van der Waals surface area contributed by atoms with Crippen LogP contribution in [0.25, 0.3) is 26.3 Å². The number of thiophene rings is 1. The van der Waals surface area contributed by atoms with Crippen molar-refractivity contribution >= 4 is 37.7 Å². The highest BCUT2D eigenvalue weighted by atomic mass is 32.1. The summed E-state index contributed by atoms with van der Waals surface area (Å²) >= 11 is 3.38. The molecule has 0 aliphatic rings. The number of nitrogens with zero attached hydrogens (tertiary/aromatic N) is 3. The summed E-state index contributed by atoms with van der Waals surface area (Å²) in [6.07, 6.45) is 1.99. The second-order valence-corrected chi connectivity index (χ2v) is 6.26. The molecule has 18 heavy (non-hydrogen) atoms. The monoisotopic (exact) mass is 271 g/mol. The van der Waals surface area contributed by atoms with Crippen molar-refractivity contribution in [3.05, 3.63) is 40.8 Å². The quantitative estimate of drug-likeness (QED) is 0.524. The second kappa shape index (κ2) is 3.63. The van der Waals surface area contributed by atoms with Crippen molar-refractivity contribution in [1.82, 2.24) is 14.6 Å². The SMILES string of the molecule is Cc1nn2cc(-c3ccc4sccc4c3)nc2s1. The Hall–Kier alpha value is -1.72. The van der Waals surface area contributed by atoms with Crippen molar-refractivity contribution in [3.8, 4) is 11.3 Å². The highest BCUT2D eigenvalue weighted by Gasteiger charge is 2.08. The summed E-state index contributed by atoms with van der Waals surface area (Å²) in [6.45, 7) is 2.00. The molecular weight excluding hydrogens is 262 g/mol. The van der Waals surface area contributed by atoms with Crippen LogP contribution >= 0.6 is 22.7 Å². The van der Waals surface area contributed by atoms with E-state index in [2.05, 4.69) is 39.7 Å². The van der Waals surface area contributed by atoms with Crippen LogP contribution in [0.5, 0.6) is 0 Å². The molecule has 0 atom stereocenters. The summed E-state index contributed by atoms with van der Waals surface area (Å²) < 4.78 is 3.17. The molecule has 0 bridgehead atoms. The van der Waals surface area contributed by atoms with Gasteiger partial charge in [0, 0.05) is 10.3 Å². The molecule has 0 fully saturated rings. The van der Waals surface area contributed by atoms with Gasteiger partial charge >= 0.3 is 0 Å². The molecule has 0 saturated heterocycles. The number of imidazole rings is 1. The third-order valence-electron chi connectivity index (χ3n) is 2.89. The van der Waals surface area contributed by atoms with E-state index < -0.39 is 0 Å². The number of aryl methyl sites for hydroxylation is 1. The molecule has 88 valence electrons. The topological polar surface area (TPSA) is 30.2 Å². The second-order valence-electron chi connectivity index (χ2n) is 4.15. The average Bonchev–Trinajstić information content (AvgIpc) is 3.00. The molecule has 0 unspecified atom stereocenters. The summed E-state index contributed by atoms with van der Waals surface area (Å²) in [5, 5.41) is 8.82. The molecule has 0 radical (unpaired) electrons. The molecule has 0 aliphatic heterocycles. The van der Waals surface area contributed by atoms with E-state index in [0.717, 1.165) is 21.2 Å². The van der Waals surface area contributed by atoms with Crippen LogP contribution < -0.4 is 0 Å². The molecule has 3 aromatic heterocycles. The number of fused-ring (bicyclic) bond motifs is 2.